The average Bonchev–Trinajstić information content (AvgIpc) is 3.25. The van der Waals surface area contributed by atoms with E-state index >= 15 is 0 Å². The van der Waals surface area contributed by atoms with Crippen LogP contribution < -0.4 is 15.0 Å². The van der Waals surface area contributed by atoms with Gasteiger partial charge in [0.15, 0.2) is 5.66 Å². The van der Waals surface area contributed by atoms with Gasteiger partial charge in [0.1, 0.15) is 11.4 Å². The minimum absolute atomic E-state index is 0.253. The lowest BCUT2D eigenvalue weighted by molar-refractivity contribution is 0.0913. The highest BCUT2D eigenvalue weighted by Gasteiger charge is 2.37. The topological polar surface area (TPSA) is 83.0 Å². The van der Waals surface area contributed by atoms with Crippen LogP contribution in [0.2, 0.25) is 5.02 Å². The molecule has 2 aliphatic heterocycles. The minimum atomic E-state index is -0.913. The van der Waals surface area contributed by atoms with Crippen LogP contribution in [0.25, 0.3) is 0 Å². The lowest BCUT2D eigenvalue weighted by Crippen LogP contribution is -2.51. The van der Waals surface area contributed by atoms with Crippen molar-refractivity contribution in [3.63, 3.8) is 0 Å². The smallest absolute Gasteiger partial charge is 0.273 e. The van der Waals surface area contributed by atoms with Crippen LogP contribution in [0.4, 0.5) is 5.69 Å². The molecular formula is C28H29ClN6O2. The predicted molar refractivity (Wildman–Crippen MR) is 146 cm³/mol. The van der Waals surface area contributed by atoms with Gasteiger partial charge in [0.05, 0.1) is 24.7 Å². The summed E-state index contributed by atoms with van der Waals surface area (Å²) in [6.45, 7) is 6.11. The number of benzene rings is 2. The number of aromatic nitrogens is 2. The van der Waals surface area contributed by atoms with Gasteiger partial charge in [-0.05, 0) is 48.4 Å². The standard InChI is InChI=1S/C28H29ClN6O2/c1-28(33-27(36)24-18-30-11-12-31-24)21(17-23(32-28)20-7-9-22(29)10-8-20)19-34-13-15-35(16-14-34)25-5-3-4-6-26(25)37-2/h3-12,17-18H,13-16,19H2,1-2H3,(H,33,36). The summed E-state index contributed by atoms with van der Waals surface area (Å²) in [4.78, 5) is 30.9. The molecule has 1 aromatic heterocycles. The van der Waals surface area contributed by atoms with Crippen LogP contribution in [0.3, 0.4) is 0 Å². The van der Waals surface area contributed by atoms with Crippen molar-refractivity contribution in [1.82, 2.24) is 20.2 Å². The Morgan fingerprint density at radius 3 is 2.54 bits per heavy atom. The molecule has 0 spiro atoms. The van der Waals surface area contributed by atoms with Gasteiger partial charge in [-0.1, -0.05) is 35.9 Å². The van der Waals surface area contributed by atoms with E-state index in [9.17, 15) is 4.79 Å². The Morgan fingerprint density at radius 2 is 1.84 bits per heavy atom. The second kappa shape index (κ2) is 10.7. The first-order valence-electron chi connectivity index (χ1n) is 12.2. The summed E-state index contributed by atoms with van der Waals surface area (Å²) in [5.74, 6) is 0.568. The molecule has 1 unspecified atom stereocenters. The van der Waals surface area contributed by atoms with Gasteiger partial charge in [-0.2, -0.15) is 0 Å². The number of ether oxygens (including phenoxy) is 1. The van der Waals surface area contributed by atoms with Crippen molar-refractivity contribution in [2.24, 2.45) is 4.99 Å². The number of piperazine rings is 1. The first-order valence-corrected chi connectivity index (χ1v) is 12.6. The predicted octanol–water partition coefficient (Wildman–Crippen LogP) is 3.84. The summed E-state index contributed by atoms with van der Waals surface area (Å²) in [6.07, 6.45) is 6.58. The molecule has 3 aromatic rings. The van der Waals surface area contributed by atoms with Crippen LogP contribution in [-0.2, 0) is 0 Å². The molecular weight excluding hydrogens is 488 g/mol. The molecule has 1 amide bonds. The number of nitrogens with zero attached hydrogens (tertiary/aromatic N) is 5. The number of para-hydroxylation sites is 2. The van der Waals surface area contributed by atoms with Crippen molar-refractivity contribution in [1.29, 1.82) is 0 Å². The summed E-state index contributed by atoms with van der Waals surface area (Å²) in [6, 6.07) is 15.7. The number of nitrogens with one attached hydrogen (secondary N) is 1. The highest BCUT2D eigenvalue weighted by atomic mass is 35.5. The van der Waals surface area contributed by atoms with Crippen LogP contribution in [0.15, 0.2) is 83.8 Å². The van der Waals surface area contributed by atoms with Crippen molar-refractivity contribution in [2.45, 2.75) is 12.6 Å². The Balaban J connectivity index is 1.34. The Kier molecular flexibility index (Phi) is 7.21. The molecule has 0 aliphatic carbocycles. The van der Waals surface area contributed by atoms with Gasteiger partial charge in [-0.15, -0.1) is 0 Å². The number of allylic oxidation sites excluding steroid dienone is 1. The van der Waals surface area contributed by atoms with Crippen LogP contribution in [0.5, 0.6) is 5.75 Å². The number of halogens is 1. The van der Waals surface area contributed by atoms with E-state index in [1.807, 2.05) is 49.4 Å². The van der Waals surface area contributed by atoms with Gasteiger partial charge >= 0.3 is 0 Å². The highest BCUT2D eigenvalue weighted by molar-refractivity contribution is 6.30. The van der Waals surface area contributed by atoms with E-state index in [-0.39, 0.29) is 11.6 Å². The lowest BCUT2D eigenvalue weighted by atomic mass is 10.0. The van der Waals surface area contributed by atoms with E-state index in [2.05, 4.69) is 37.2 Å². The number of anilines is 1. The summed E-state index contributed by atoms with van der Waals surface area (Å²) in [5.41, 5.74) is 3.22. The maximum atomic E-state index is 13.0. The fourth-order valence-electron chi connectivity index (χ4n) is 4.71. The van der Waals surface area contributed by atoms with Crippen LogP contribution in [0, 0.1) is 0 Å². The molecule has 0 saturated carbocycles. The van der Waals surface area contributed by atoms with Crippen molar-refractivity contribution in [2.75, 3.05) is 44.7 Å². The summed E-state index contributed by atoms with van der Waals surface area (Å²) in [5, 5.41) is 3.76. The SMILES string of the molecule is COc1ccccc1N1CCN(CC2=CC(c3ccc(Cl)cc3)=NC2(C)NC(=O)c2cnccn2)CC1. The van der Waals surface area contributed by atoms with Crippen molar-refractivity contribution in [3.05, 3.63) is 95.1 Å². The third kappa shape index (κ3) is 5.50. The molecule has 1 saturated heterocycles. The van der Waals surface area contributed by atoms with E-state index < -0.39 is 5.66 Å². The third-order valence-electron chi connectivity index (χ3n) is 6.77. The van der Waals surface area contributed by atoms with Gasteiger partial charge in [-0.25, -0.2) is 4.98 Å². The zero-order chi connectivity index (χ0) is 25.8. The number of aliphatic imine (C=N–C) groups is 1. The van der Waals surface area contributed by atoms with Gasteiger partial charge in [-0.3, -0.25) is 19.7 Å². The molecule has 9 heteroatoms. The zero-order valence-electron chi connectivity index (χ0n) is 20.9. The molecule has 1 fully saturated rings. The second-order valence-electron chi connectivity index (χ2n) is 9.23. The fraction of sp³-hybridized carbons (Fsp3) is 0.286. The lowest BCUT2D eigenvalue weighted by Gasteiger charge is -2.38. The van der Waals surface area contributed by atoms with E-state index in [0.717, 1.165) is 54.5 Å². The second-order valence-corrected chi connectivity index (χ2v) is 9.66. The molecule has 3 heterocycles. The number of carbonyl (C=O) groups is 1. The number of methoxy groups -OCH3 is 1. The fourth-order valence-corrected chi connectivity index (χ4v) is 4.83. The number of rotatable bonds is 7. The largest absolute Gasteiger partial charge is 0.495 e. The van der Waals surface area contributed by atoms with Crippen molar-refractivity contribution in [3.8, 4) is 5.75 Å². The Labute approximate surface area is 221 Å². The maximum absolute atomic E-state index is 13.0. The highest BCUT2D eigenvalue weighted by Crippen LogP contribution is 2.31. The molecule has 2 aliphatic rings. The van der Waals surface area contributed by atoms with Gasteiger partial charge < -0.3 is 15.0 Å². The van der Waals surface area contributed by atoms with Crippen molar-refractivity contribution >= 4 is 28.9 Å². The van der Waals surface area contributed by atoms with E-state index in [0.29, 0.717) is 11.6 Å². The molecule has 5 rings (SSSR count). The normalized spacial score (nSPS) is 19.8. The Morgan fingerprint density at radius 1 is 1.08 bits per heavy atom. The Bertz CT molecular complexity index is 1320. The summed E-state index contributed by atoms with van der Waals surface area (Å²) < 4.78 is 5.56. The molecule has 2 aromatic carbocycles. The Hall–Kier alpha value is -3.75. The molecule has 190 valence electrons. The number of amides is 1. The van der Waals surface area contributed by atoms with Crippen LogP contribution >= 0.6 is 11.6 Å². The zero-order valence-corrected chi connectivity index (χ0v) is 21.7. The molecule has 0 radical (unpaired) electrons. The van der Waals surface area contributed by atoms with E-state index in [1.165, 1.54) is 12.4 Å². The van der Waals surface area contributed by atoms with Gasteiger partial charge in [0.25, 0.3) is 5.91 Å². The monoisotopic (exact) mass is 516 g/mol. The van der Waals surface area contributed by atoms with Crippen LogP contribution in [-0.4, -0.2) is 72.0 Å². The van der Waals surface area contributed by atoms with Gasteiger partial charge in [0.2, 0.25) is 0 Å². The molecule has 0 bridgehead atoms. The molecule has 1 N–H and O–H groups in total. The maximum Gasteiger partial charge on any atom is 0.273 e. The third-order valence-corrected chi connectivity index (χ3v) is 7.02. The van der Waals surface area contributed by atoms with E-state index in [4.69, 9.17) is 21.3 Å². The number of hydrogen-bond acceptors (Lipinski definition) is 7. The number of carbonyl (C=O) groups excluding carboxylic acids is 1. The minimum Gasteiger partial charge on any atom is -0.495 e. The molecule has 1 atom stereocenters. The quantitative estimate of drug-likeness (QED) is 0.514. The van der Waals surface area contributed by atoms with E-state index in [1.54, 1.807) is 13.3 Å². The first kappa shape index (κ1) is 24.9. The number of hydrogen-bond donors (Lipinski definition) is 1. The molecule has 8 nitrogen and oxygen atoms in total. The van der Waals surface area contributed by atoms with Crippen molar-refractivity contribution < 1.29 is 9.53 Å². The summed E-state index contributed by atoms with van der Waals surface area (Å²) >= 11 is 6.10. The molecule has 37 heavy (non-hydrogen) atoms. The average molecular weight is 517 g/mol. The first-order chi connectivity index (χ1) is 17.9. The van der Waals surface area contributed by atoms with Gasteiger partial charge in [0, 0.05) is 50.1 Å². The van der Waals surface area contributed by atoms with Crippen LogP contribution in [0.1, 0.15) is 23.0 Å². The summed E-state index contributed by atoms with van der Waals surface area (Å²) in [7, 11) is 1.70.